The van der Waals surface area contributed by atoms with Crippen LogP contribution in [0.1, 0.15) is 18.9 Å². The van der Waals surface area contributed by atoms with Gasteiger partial charge in [-0.25, -0.2) is 0 Å². The first-order valence-electron chi connectivity index (χ1n) is 5.80. The van der Waals surface area contributed by atoms with Crippen molar-refractivity contribution in [2.24, 2.45) is 5.92 Å². The largest absolute Gasteiger partial charge is 0.393 e. The van der Waals surface area contributed by atoms with E-state index in [1.54, 1.807) is 0 Å². The monoisotopic (exact) mass is 239 g/mol. The Balaban J connectivity index is 1.98. The van der Waals surface area contributed by atoms with Gasteiger partial charge >= 0.3 is 0 Å². The highest BCUT2D eigenvalue weighted by Crippen LogP contribution is 2.21. The fraction of sp³-hybridized carbons (Fsp3) is 0.538. The van der Waals surface area contributed by atoms with Crippen LogP contribution in [0.25, 0.3) is 0 Å². The molecule has 2 atom stereocenters. The van der Waals surface area contributed by atoms with E-state index in [1.165, 1.54) is 5.56 Å². The number of aliphatic hydroxyl groups is 1. The lowest BCUT2D eigenvalue weighted by molar-refractivity contribution is 0.0320. The molecule has 1 fully saturated rings. The van der Waals surface area contributed by atoms with Gasteiger partial charge in [-0.1, -0.05) is 36.7 Å². The molecule has 0 saturated carbocycles. The van der Waals surface area contributed by atoms with Crippen molar-refractivity contribution < 1.29 is 5.11 Å². The van der Waals surface area contributed by atoms with Crippen LogP contribution in [0.2, 0.25) is 5.02 Å². The van der Waals surface area contributed by atoms with Gasteiger partial charge in [0.2, 0.25) is 0 Å². The van der Waals surface area contributed by atoms with E-state index >= 15 is 0 Å². The lowest BCUT2D eigenvalue weighted by Gasteiger charge is -2.34. The number of hydrogen-bond donors (Lipinski definition) is 1. The number of hydrogen-bond acceptors (Lipinski definition) is 2. The van der Waals surface area contributed by atoms with Gasteiger partial charge in [0.25, 0.3) is 0 Å². The van der Waals surface area contributed by atoms with Crippen LogP contribution < -0.4 is 0 Å². The average molecular weight is 240 g/mol. The molecule has 1 aromatic carbocycles. The van der Waals surface area contributed by atoms with Gasteiger partial charge in [-0.05, 0) is 24.0 Å². The van der Waals surface area contributed by atoms with Gasteiger partial charge in [0.1, 0.15) is 0 Å². The molecule has 2 nitrogen and oxygen atoms in total. The number of nitrogens with zero attached hydrogens (tertiary/aromatic N) is 1. The van der Waals surface area contributed by atoms with E-state index < -0.39 is 0 Å². The van der Waals surface area contributed by atoms with Gasteiger partial charge in [-0.3, -0.25) is 4.90 Å². The van der Waals surface area contributed by atoms with E-state index in [4.69, 9.17) is 11.6 Å². The smallest absolute Gasteiger partial charge is 0.0590 e. The van der Waals surface area contributed by atoms with Crippen molar-refractivity contribution in [3.05, 3.63) is 34.9 Å². The molecule has 0 unspecified atom stereocenters. The Morgan fingerprint density at radius 1 is 1.44 bits per heavy atom. The third-order valence-electron chi connectivity index (χ3n) is 3.30. The topological polar surface area (TPSA) is 23.5 Å². The second-order valence-corrected chi connectivity index (χ2v) is 5.07. The summed E-state index contributed by atoms with van der Waals surface area (Å²) in [6, 6.07) is 7.97. The maximum absolute atomic E-state index is 9.66. The highest BCUT2D eigenvalue weighted by molar-refractivity contribution is 6.31. The zero-order chi connectivity index (χ0) is 11.5. The first-order valence-corrected chi connectivity index (χ1v) is 6.18. The van der Waals surface area contributed by atoms with E-state index in [-0.39, 0.29) is 6.10 Å². The molecule has 0 radical (unpaired) electrons. The second kappa shape index (κ2) is 5.17. The molecule has 1 aliphatic rings. The summed E-state index contributed by atoms with van der Waals surface area (Å²) in [6.45, 7) is 4.89. The van der Waals surface area contributed by atoms with Crippen molar-refractivity contribution in [1.82, 2.24) is 4.90 Å². The lowest BCUT2D eigenvalue weighted by Crippen LogP contribution is -2.41. The summed E-state index contributed by atoms with van der Waals surface area (Å²) >= 11 is 6.13. The molecule has 1 heterocycles. The summed E-state index contributed by atoms with van der Waals surface area (Å²) in [5.74, 6) is 0.358. The van der Waals surface area contributed by atoms with Crippen molar-refractivity contribution in [3.63, 3.8) is 0 Å². The highest BCUT2D eigenvalue weighted by Gasteiger charge is 2.24. The minimum Gasteiger partial charge on any atom is -0.393 e. The quantitative estimate of drug-likeness (QED) is 0.858. The molecule has 0 aromatic heterocycles. The van der Waals surface area contributed by atoms with Crippen LogP contribution in [-0.2, 0) is 6.54 Å². The number of likely N-dealkylation sites (tertiary alicyclic amines) is 1. The molecule has 3 heteroatoms. The lowest BCUT2D eigenvalue weighted by atomic mass is 9.96. The fourth-order valence-corrected chi connectivity index (χ4v) is 2.43. The van der Waals surface area contributed by atoms with E-state index in [1.807, 2.05) is 18.2 Å². The maximum Gasteiger partial charge on any atom is 0.0590 e. The zero-order valence-corrected chi connectivity index (χ0v) is 10.3. The minimum absolute atomic E-state index is 0.137. The van der Waals surface area contributed by atoms with Gasteiger partial charge in [0.05, 0.1) is 6.10 Å². The second-order valence-electron chi connectivity index (χ2n) is 4.66. The van der Waals surface area contributed by atoms with Crippen molar-refractivity contribution in [3.8, 4) is 0 Å². The number of piperidine rings is 1. The third kappa shape index (κ3) is 2.76. The van der Waals surface area contributed by atoms with E-state index in [0.717, 1.165) is 31.1 Å². The Hall–Kier alpha value is -0.570. The van der Waals surface area contributed by atoms with Crippen LogP contribution in [0, 0.1) is 5.92 Å². The zero-order valence-electron chi connectivity index (χ0n) is 9.56. The maximum atomic E-state index is 9.66. The highest BCUT2D eigenvalue weighted by atomic mass is 35.5. The molecular formula is C13H18ClNO. The molecule has 88 valence electrons. The van der Waals surface area contributed by atoms with Gasteiger partial charge in [-0.15, -0.1) is 0 Å². The van der Waals surface area contributed by atoms with Crippen LogP contribution in [0.5, 0.6) is 0 Å². The molecular weight excluding hydrogens is 222 g/mol. The molecule has 0 spiro atoms. The summed E-state index contributed by atoms with van der Waals surface area (Å²) in [6.07, 6.45) is 0.730. The predicted octanol–water partition coefficient (Wildman–Crippen LogP) is 2.54. The van der Waals surface area contributed by atoms with Crippen LogP contribution in [-0.4, -0.2) is 29.2 Å². The fourth-order valence-electron chi connectivity index (χ4n) is 2.23. The Morgan fingerprint density at radius 3 is 2.88 bits per heavy atom. The average Bonchev–Trinajstić information content (AvgIpc) is 2.27. The van der Waals surface area contributed by atoms with Gasteiger partial charge in [0, 0.05) is 24.7 Å². The Labute approximate surface area is 102 Å². The number of benzene rings is 1. The molecule has 1 saturated heterocycles. The van der Waals surface area contributed by atoms with Gasteiger partial charge in [0.15, 0.2) is 0 Å². The molecule has 2 rings (SSSR count). The summed E-state index contributed by atoms with van der Waals surface area (Å²) in [4.78, 5) is 2.36. The van der Waals surface area contributed by atoms with Crippen molar-refractivity contribution in [2.75, 3.05) is 13.1 Å². The Morgan fingerprint density at radius 2 is 2.19 bits per heavy atom. The van der Waals surface area contributed by atoms with Crippen molar-refractivity contribution in [2.45, 2.75) is 26.0 Å². The van der Waals surface area contributed by atoms with Gasteiger partial charge < -0.3 is 5.11 Å². The molecule has 0 bridgehead atoms. The normalized spacial score (nSPS) is 26.9. The molecule has 1 N–H and O–H groups in total. The molecule has 0 aliphatic carbocycles. The summed E-state index contributed by atoms with van der Waals surface area (Å²) in [7, 11) is 0. The first-order chi connectivity index (χ1) is 7.66. The number of aliphatic hydroxyl groups excluding tert-OH is 1. The van der Waals surface area contributed by atoms with E-state index in [9.17, 15) is 5.11 Å². The molecule has 1 aromatic rings. The van der Waals surface area contributed by atoms with Crippen LogP contribution in [0.4, 0.5) is 0 Å². The van der Waals surface area contributed by atoms with Crippen molar-refractivity contribution >= 4 is 11.6 Å². The predicted molar refractivity (Wildman–Crippen MR) is 66.5 cm³/mol. The Kier molecular flexibility index (Phi) is 3.85. The minimum atomic E-state index is -0.137. The van der Waals surface area contributed by atoms with Crippen LogP contribution in [0.15, 0.2) is 24.3 Å². The molecule has 0 amide bonds. The van der Waals surface area contributed by atoms with Gasteiger partial charge in [-0.2, -0.15) is 0 Å². The summed E-state index contributed by atoms with van der Waals surface area (Å²) in [5.41, 5.74) is 1.17. The van der Waals surface area contributed by atoms with Crippen LogP contribution >= 0.6 is 11.6 Å². The first kappa shape index (κ1) is 11.9. The van der Waals surface area contributed by atoms with Crippen LogP contribution in [0.3, 0.4) is 0 Å². The molecule has 1 aliphatic heterocycles. The Bertz CT molecular complexity index is 356. The standard InChI is InChI=1S/C13H18ClNO/c1-10-8-15(7-6-13(10)16)9-11-4-2-3-5-12(11)14/h2-5,10,13,16H,6-9H2,1H3/t10-,13+/m1/s1. The SMILES string of the molecule is C[C@@H]1CN(Cc2ccccc2Cl)CC[C@@H]1O. The van der Waals surface area contributed by atoms with E-state index in [2.05, 4.69) is 17.9 Å². The summed E-state index contributed by atoms with van der Waals surface area (Å²) < 4.78 is 0. The van der Waals surface area contributed by atoms with Crippen molar-refractivity contribution in [1.29, 1.82) is 0 Å². The summed E-state index contributed by atoms with van der Waals surface area (Å²) in [5, 5.41) is 10.5. The molecule has 16 heavy (non-hydrogen) atoms. The van der Waals surface area contributed by atoms with E-state index in [0.29, 0.717) is 5.92 Å². The third-order valence-corrected chi connectivity index (χ3v) is 3.66. The number of halogens is 1. The number of rotatable bonds is 2.